The average Bonchev–Trinajstić information content (AvgIpc) is 2.35. The Morgan fingerprint density at radius 1 is 0.333 bits per heavy atom. The Labute approximate surface area is 118 Å². The summed E-state index contributed by atoms with van der Waals surface area (Å²) in [4.78, 5) is 0. The Morgan fingerprint density at radius 2 is 0.500 bits per heavy atom. The van der Waals surface area contributed by atoms with Gasteiger partial charge < -0.3 is 0 Å². The Hall–Kier alpha value is 0. The lowest BCUT2D eigenvalue weighted by atomic mass is 10.0. The first kappa shape index (κ1) is 20.3. The molecule has 0 aliphatic carbocycles. The van der Waals surface area contributed by atoms with Crippen molar-refractivity contribution in [3.63, 3.8) is 0 Å². The minimum Gasteiger partial charge on any atom is -0.0654 e. The minimum absolute atomic E-state index is 0. The maximum atomic E-state index is 2.29. The van der Waals surface area contributed by atoms with Gasteiger partial charge in [0.2, 0.25) is 0 Å². The summed E-state index contributed by atoms with van der Waals surface area (Å²) in [7, 11) is 0. The van der Waals surface area contributed by atoms with Crippen LogP contribution in [0.2, 0.25) is 0 Å². The molecule has 0 spiro atoms. The summed E-state index contributed by atoms with van der Waals surface area (Å²) in [6.45, 7) is 4.58. The van der Waals surface area contributed by atoms with E-state index in [0.717, 1.165) is 0 Å². The molecule has 0 fully saturated rings. The number of rotatable bonds is 14. The van der Waals surface area contributed by atoms with Crippen molar-refractivity contribution in [1.29, 1.82) is 0 Å². The second kappa shape index (κ2) is 19.3. The Balaban J connectivity index is 0. The molecule has 0 heterocycles. The zero-order valence-corrected chi connectivity index (χ0v) is 13.1. The van der Waals surface area contributed by atoms with Gasteiger partial charge in [-0.15, -0.1) is 0 Å². The highest BCUT2D eigenvalue weighted by atomic mass is 14.0. The van der Waals surface area contributed by atoms with Gasteiger partial charge in [0, 0.05) is 7.43 Å². The van der Waals surface area contributed by atoms with Gasteiger partial charge in [-0.25, -0.2) is 0 Å². The van der Waals surface area contributed by atoms with E-state index in [4.69, 9.17) is 0 Å². The highest BCUT2D eigenvalue weighted by Gasteiger charge is 1.93. The van der Waals surface area contributed by atoms with Gasteiger partial charge in [0.05, 0.1) is 0 Å². The molecule has 0 atom stereocenters. The second-order valence-corrected chi connectivity index (χ2v) is 5.60. The SMILES string of the molecule is CCCCCCCCCCCCCCCCC.[C]. The first-order valence-electron chi connectivity index (χ1n) is 8.41. The fraction of sp³-hybridized carbons (Fsp3) is 0.944. The van der Waals surface area contributed by atoms with Gasteiger partial charge >= 0.3 is 0 Å². The highest BCUT2D eigenvalue weighted by Crippen LogP contribution is 2.13. The van der Waals surface area contributed by atoms with Crippen molar-refractivity contribution >= 4 is 0 Å². The molecule has 18 heavy (non-hydrogen) atoms. The van der Waals surface area contributed by atoms with E-state index in [1.807, 2.05) is 0 Å². The van der Waals surface area contributed by atoms with Crippen molar-refractivity contribution in [2.24, 2.45) is 0 Å². The third-order valence-corrected chi connectivity index (χ3v) is 3.71. The maximum Gasteiger partial charge on any atom is 0 e. The standard InChI is InChI=1S/C17H36.C/c1-3-5-7-9-11-13-15-17-16-14-12-10-8-6-4-2;/h3-17H2,1-2H3;. The summed E-state index contributed by atoms with van der Waals surface area (Å²) >= 11 is 0. The van der Waals surface area contributed by atoms with E-state index < -0.39 is 0 Å². The zero-order valence-electron chi connectivity index (χ0n) is 13.1. The molecule has 0 aliphatic rings. The van der Waals surface area contributed by atoms with Crippen molar-refractivity contribution in [1.82, 2.24) is 0 Å². The van der Waals surface area contributed by atoms with Crippen molar-refractivity contribution in [3.8, 4) is 0 Å². The third-order valence-electron chi connectivity index (χ3n) is 3.71. The van der Waals surface area contributed by atoms with E-state index in [-0.39, 0.29) is 7.43 Å². The van der Waals surface area contributed by atoms with Crippen LogP contribution in [0.25, 0.3) is 0 Å². The van der Waals surface area contributed by atoms with Crippen molar-refractivity contribution in [3.05, 3.63) is 7.43 Å². The van der Waals surface area contributed by atoms with E-state index in [1.54, 1.807) is 0 Å². The van der Waals surface area contributed by atoms with Crippen LogP contribution in [0.5, 0.6) is 0 Å². The molecule has 0 rings (SSSR count). The van der Waals surface area contributed by atoms with Crippen molar-refractivity contribution in [2.75, 3.05) is 0 Å². The first-order valence-corrected chi connectivity index (χ1v) is 8.41. The molecule has 0 amide bonds. The third kappa shape index (κ3) is 18.4. The molecule has 0 aromatic heterocycles. The van der Waals surface area contributed by atoms with E-state index >= 15 is 0 Å². The monoisotopic (exact) mass is 252 g/mol. The van der Waals surface area contributed by atoms with Gasteiger partial charge in [0.1, 0.15) is 0 Å². The molecule has 0 unspecified atom stereocenters. The topological polar surface area (TPSA) is 0 Å². The Morgan fingerprint density at radius 3 is 0.667 bits per heavy atom. The second-order valence-electron chi connectivity index (χ2n) is 5.60. The molecule has 0 saturated heterocycles. The molecule has 0 saturated carbocycles. The average molecular weight is 252 g/mol. The molecular formula is C18H36. The van der Waals surface area contributed by atoms with Gasteiger partial charge in [0.25, 0.3) is 0 Å². The molecule has 0 N–H and O–H groups in total. The maximum absolute atomic E-state index is 2.29. The Bertz CT molecular complexity index is 103. The molecule has 0 aliphatic heterocycles. The lowest BCUT2D eigenvalue weighted by molar-refractivity contribution is 0.534. The van der Waals surface area contributed by atoms with Crippen LogP contribution < -0.4 is 0 Å². The Kier molecular flexibility index (Phi) is 21.8. The number of unbranched alkanes of at least 4 members (excludes halogenated alkanes) is 14. The van der Waals surface area contributed by atoms with Crippen LogP contribution in [-0.2, 0) is 0 Å². The number of hydrogen-bond donors (Lipinski definition) is 0. The van der Waals surface area contributed by atoms with Crippen LogP contribution in [0.1, 0.15) is 110 Å². The summed E-state index contributed by atoms with van der Waals surface area (Å²) in [5.41, 5.74) is 0. The van der Waals surface area contributed by atoms with Crippen LogP contribution in [0, 0.1) is 7.43 Å². The van der Waals surface area contributed by atoms with E-state index in [2.05, 4.69) is 13.8 Å². The zero-order chi connectivity index (χ0) is 12.6. The molecule has 108 valence electrons. The van der Waals surface area contributed by atoms with E-state index in [9.17, 15) is 0 Å². The molecule has 0 heteroatoms. The summed E-state index contributed by atoms with van der Waals surface area (Å²) < 4.78 is 0. The quantitative estimate of drug-likeness (QED) is 0.293. The van der Waals surface area contributed by atoms with Crippen molar-refractivity contribution in [2.45, 2.75) is 110 Å². The lowest BCUT2D eigenvalue weighted by Crippen LogP contribution is -1.82. The van der Waals surface area contributed by atoms with Gasteiger partial charge in [-0.1, -0.05) is 110 Å². The largest absolute Gasteiger partial charge is 0.0654 e. The molecule has 0 aromatic carbocycles. The van der Waals surface area contributed by atoms with Gasteiger partial charge in [0.15, 0.2) is 0 Å². The van der Waals surface area contributed by atoms with E-state index in [1.165, 1.54) is 96.3 Å². The normalized spacial score (nSPS) is 10.3. The predicted molar refractivity (Wildman–Crippen MR) is 83.8 cm³/mol. The first-order chi connectivity index (χ1) is 8.41. The smallest absolute Gasteiger partial charge is 0 e. The summed E-state index contributed by atoms with van der Waals surface area (Å²) in [6, 6.07) is 0. The molecule has 4 radical (unpaired) electrons. The molecule has 0 bridgehead atoms. The van der Waals surface area contributed by atoms with Gasteiger partial charge in [-0.3, -0.25) is 0 Å². The van der Waals surface area contributed by atoms with E-state index in [0.29, 0.717) is 0 Å². The number of hydrogen-bond acceptors (Lipinski definition) is 0. The van der Waals surface area contributed by atoms with Crippen molar-refractivity contribution < 1.29 is 0 Å². The molecule has 0 nitrogen and oxygen atoms in total. The van der Waals surface area contributed by atoms with Crippen LogP contribution in [0.15, 0.2) is 0 Å². The predicted octanol–water partition coefficient (Wildman–Crippen LogP) is 6.96. The highest BCUT2D eigenvalue weighted by molar-refractivity contribution is 4.48. The van der Waals surface area contributed by atoms with Crippen LogP contribution in [0.4, 0.5) is 0 Å². The van der Waals surface area contributed by atoms with Crippen LogP contribution >= 0.6 is 0 Å². The summed E-state index contributed by atoms with van der Waals surface area (Å²) in [6.07, 6.45) is 21.9. The fourth-order valence-corrected chi connectivity index (χ4v) is 2.44. The summed E-state index contributed by atoms with van der Waals surface area (Å²) in [5.74, 6) is 0. The van der Waals surface area contributed by atoms with Gasteiger partial charge in [-0.05, 0) is 0 Å². The summed E-state index contributed by atoms with van der Waals surface area (Å²) in [5, 5.41) is 0. The van der Waals surface area contributed by atoms with Gasteiger partial charge in [-0.2, -0.15) is 0 Å². The lowest BCUT2D eigenvalue weighted by Gasteiger charge is -2.02. The molecular weight excluding hydrogens is 216 g/mol. The molecule has 0 aromatic rings. The van der Waals surface area contributed by atoms with Crippen LogP contribution in [0.3, 0.4) is 0 Å². The van der Waals surface area contributed by atoms with Crippen LogP contribution in [-0.4, -0.2) is 0 Å². The minimum atomic E-state index is 0. The fourth-order valence-electron chi connectivity index (χ4n) is 2.44.